The second-order valence-electron chi connectivity index (χ2n) is 4.29. The molecular formula is C13H19N3O4. The quantitative estimate of drug-likeness (QED) is 0.402. The first-order valence-corrected chi connectivity index (χ1v) is 6.48. The summed E-state index contributed by atoms with van der Waals surface area (Å²) in [5.41, 5.74) is 0.697. The minimum absolute atomic E-state index is 0.00318. The summed E-state index contributed by atoms with van der Waals surface area (Å²) in [7, 11) is 0. The zero-order valence-electron chi connectivity index (χ0n) is 11.3. The van der Waals surface area contributed by atoms with E-state index in [0.29, 0.717) is 24.9 Å². The van der Waals surface area contributed by atoms with E-state index in [2.05, 4.69) is 10.6 Å². The number of benzene rings is 1. The van der Waals surface area contributed by atoms with E-state index in [1.54, 1.807) is 12.1 Å². The molecule has 0 aromatic heterocycles. The summed E-state index contributed by atoms with van der Waals surface area (Å²) in [6.45, 7) is 2.29. The molecule has 1 aromatic carbocycles. The highest BCUT2D eigenvalue weighted by Crippen LogP contribution is 2.21. The third-order valence-electron chi connectivity index (χ3n) is 2.82. The second-order valence-corrected chi connectivity index (χ2v) is 4.29. The van der Waals surface area contributed by atoms with E-state index < -0.39 is 4.92 Å². The Morgan fingerprint density at radius 3 is 2.85 bits per heavy atom. The number of rotatable bonds is 7. The average Bonchev–Trinajstić information content (AvgIpc) is 2.45. The number of aliphatic hydroxyl groups excluding tert-OH is 1. The Morgan fingerprint density at radius 2 is 2.25 bits per heavy atom. The van der Waals surface area contributed by atoms with Crippen molar-refractivity contribution >= 4 is 11.7 Å². The second kappa shape index (κ2) is 8.11. The van der Waals surface area contributed by atoms with Crippen molar-refractivity contribution in [3.63, 3.8) is 0 Å². The van der Waals surface area contributed by atoms with E-state index >= 15 is 0 Å². The van der Waals surface area contributed by atoms with Gasteiger partial charge in [0.2, 0.25) is 0 Å². The van der Waals surface area contributed by atoms with Gasteiger partial charge >= 0.3 is 6.03 Å². The maximum Gasteiger partial charge on any atom is 0.315 e. The van der Waals surface area contributed by atoms with Crippen LogP contribution in [0.15, 0.2) is 24.3 Å². The van der Waals surface area contributed by atoms with Gasteiger partial charge in [-0.3, -0.25) is 10.1 Å². The molecule has 1 atom stereocenters. The number of hydrogen-bond acceptors (Lipinski definition) is 4. The molecule has 7 heteroatoms. The highest BCUT2D eigenvalue weighted by Gasteiger charge is 2.15. The maximum absolute atomic E-state index is 11.6. The fraction of sp³-hybridized carbons (Fsp3) is 0.462. The molecule has 0 aliphatic rings. The molecule has 0 heterocycles. The molecule has 3 N–H and O–H groups in total. The lowest BCUT2D eigenvalue weighted by Gasteiger charge is -2.17. The van der Waals surface area contributed by atoms with Crippen LogP contribution in [-0.2, 0) is 0 Å². The van der Waals surface area contributed by atoms with Gasteiger partial charge in [-0.15, -0.1) is 0 Å². The summed E-state index contributed by atoms with van der Waals surface area (Å²) in [5, 5.41) is 24.7. The number of urea groups is 1. The number of nitro benzene ring substituents is 1. The predicted molar refractivity (Wildman–Crippen MR) is 74.4 cm³/mol. The number of non-ortho nitro benzene ring substituents is 1. The van der Waals surface area contributed by atoms with Crippen molar-refractivity contribution in [3.8, 4) is 0 Å². The maximum atomic E-state index is 11.6. The normalized spacial score (nSPS) is 11.7. The molecule has 0 spiro atoms. The molecule has 0 fully saturated rings. The van der Waals surface area contributed by atoms with Gasteiger partial charge in [-0.05, 0) is 18.4 Å². The van der Waals surface area contributed by atoms with Crippen molar-refractivity contribution in [2.24, 2.45) is 0 Å². The molecule has 0 saturated carbocycles. The number of hydrogen-bond donors (Lipinski definition) is 3. The number of nitrogens with one attached hydrogen (secondary N) is 2. The molecule has 0 radical (unpaired) electrons. The van der Waals surface area contributed by atoms with Crippen LogP contribution in [0.5, 0.6) is 0 Å². The van der Waals surface area contributed by atoms with Crippen molar-refractivity contribution in [3.05, 3.63) is 39.9 Å². The minimum Gasteiger partial charge on any atom is -0.396 e. The standard InChI is InChI=1S/C13H19N3O4/c1-2-12(15-13(18)14-7-4-8-17)10-5-3-6-11(9-10)16(19)20/h3,5-6,9,12,17H,2,4,7-8H2,1H3,(H2,14,15,18). The van der Waals surface area contributed by atoms with Gasteiger partial charge in [-0.2, -0.15) is 0 Å². The van der Waals surface area contributed by atoms with E-state index in [4.69, 9.17) is 5.11 Å². The van der Waals surface area contributed by atoms with Gasteiger partial charge in [0.05, 0.1) is 11.0 Å². The van der Waals surface area contributed by atoms with Gasteiger partial charge in [-0.1, -0.05) is 19.1 Å². The molecule has 1 rings (SSSR count). The molecule has 1 unspecified atom stereocenters. The summed E-state index contributed by atoms with van der Waals surface area (Å²) in [4.78, 5) is 21.9. The van der Waals surface area contributed by atoms with Gasteiger partial charge in [-0.25, -0.2) is 4.79 Å². The van der Waals surface area contributed by atoms with Gasteiger partial charge in [0.1, 0.15) is 0 Å². The van der Waals surface area contributed by atoms with Crippen LogP contribution in [0.1, 0.15) is 31.4 Å². The van der Waals surface area contributed by atoms with Gasteiger partial charge in [0, 0.05) is 25.3 Å². The molecule has 0 bridgehead atoms. The van der Waals surface area contributed by atoms with E-state index in [9.17, 15) is 14.9 Å². The molecule has 2 amide bonds. The Hall–Kier alpha value is -2.15. The van der Waals surface area contributed by atoms with Crippen molar-refractivity contribution in [2.75, 3.05) is 13.2 Å². The van der Waals surface area contributed by atoms with Crippen LogP contribution in [0, 0.1) is 10.1 Å². The Labute approximate surface area is 117 Å². The zero-order valence-corrected chi connectivity index (χ0v) is 11.3. The van der Waals surface area contributed by atoms with Crippen LogP contribution in [0.2, 0.25) is 0 Å². The van der Waals surface area contributed by atoms with E-state index in [1.165, 1.54) is 12.1 Å². The summed E-state index contributed by atoms with van der Waals surface area (Å²) in [6, 6.07) is 5.58. The lowest BCUT2D eigenvalue weighted by molar-refractivity contribution is -0.384. The zero-order chi connectivity index (χ0) is 15.0. The molecule has 20 heavy (non-hydrogen) atoms. The largest absolute Gasteiger partial charge is 0.396 e. The fourth-order valence-electron chi connectivity index (χ4n) is 1.77. The first-order chi connectivity index (χ1) is 9.58. The van der Waals surface area contributed by atoms with Crippen molar-refractivity contribution < 1.29 is 14.8 Å². The topological polar surface area (TPSA) is 104 Å². The smallest absolute Gasteiger partial charge is 0.315 e. The first-order valence-electron chi connectivity index (χ1n) is 6.48. The molecule has 7 nitrogen and oxygen atoms in total. The van der Waals surface area contributed by atoms with E-state index in [1.807, 2.05) is 6.92 Å². The SMILES string of the molecule is CCC(NC(=O)NCCCO)c1cccc([N+](=O)[O-])c1. The number of amides is 2. The van der Waals surface area contributed by atoms with Crippen molar-refractivity contribution in [2.45, 2.75) is 25.8 Å². The van der Waals surface area contributed by atoms with Crippen LogP contribution in [0.25, 0.3) is 0 Å². The highest BCUT2D eigenvalue weighted by molar-refractivity contribution is 5.74. The number of carbonyl (C=O) groups is 1. The van der Waals surface area contributed by atoms with Gasteiger partial charge in [0.25, 0.3) is 5.69 Å². The highest BCUT2D eigenvalue weighted by atomic mass is 16.6. The summed E-state index contributed by atoms with van der Waals surface area (Å²) in [5.74, 6) is 0. The number of aliphatic hydroxyl groups is 1. The van der Waals surface area contributed by atoms with Crippen molar-refractivity contribution in [1.82, 2.24) is 10.6 Å². The molecule has 0 aliphatic heterocycles. The van der Waals surface area contributed by atoms with Gasteiger partial charge < -0.3 is 15.7 Å². The van der Waals surface area contributed by atoms with Crippen molar-refractivity contribution in [1.29, 1.82) is 0 Å². The monoisotopic (exact) mass is 281 g/mol. The van der Waals surface area contributed by atoms with E-state index in [0.717, 1.165) is 0 Å². The Morgan fingerprint density at radius 1 is 1.50 bits per heavy atom. The van der Waals surface area contributed by atoms with E-state index in [-0.39, 0.29) is 24.4 Å². The Balaban J connectivity index is 2.68. The molecule has 0 saturated heterocycles. The molecule has 0 aliphatic carbocycles. The lowest BCUT2D eigenvalue weighted by Crippen LogP contribution is -2.38. The van der Waals surface area contributed by atoms with Crippen LogP contribution in [0.4, 0.5) is 10.5 Å². The third kappa shape index (κ3) is 4.85. The van der Waals surface area contributed by atoms with Crippen LogP contribution in [0.3, 0.4) is 0 Å². The fourth-order valence-corrected chi connectivity index (χ4v) is 1.77. The summed E-state index contributed by atoms with van der Waals surface area (Å²) >= 11 is 0. The van der Waals surface area contributed by atoms with Crippen LogP contribution in [-0.4, -0.2) is 29.2 Å². The lowest BCUT2D eigenvalue weighted by atomic mass is 10.0. The Kier molecular flexibility index (Phi) is 6.45. The first kappa shape index (κ1) is 15.9. The van der Waals surface area contributed by atoms with Crippen LogP contribution >= 0.6 is 0 Å². The molecule has 1 aromatic rings. The predicted octanol–water partition coefficient (Wildman–Crippen LogP) is 1.73. The Bertz CT molecular complexity index is 465. The summed E-state index contributed by atoms with van der Waals surface area (Å²) in [6.07, 6.45) is 1.11. The average molecular weight is 281 g/mol. The molecule has 110 valence electrons. The number of nitrogens with zero attached hydrogens (tertiary/aromatic N) is 1. The summed E-state index contributed by atoms with van der Waals surface area (Å²) < 4.78 is 0. The third-order valence-corrected chi connectivity index (χ3v) is 2.82. The van der Waals surface area contributed by atoms with Crippen LogP contribution < -0.4 is 10.6 Å². The number of carbonyl (C=O) groups excluding carboxylic acids is 1. The minimum atomic E-state index is -0.461. The van der Waals surface area contributed by atoms with Gasteiger partial charge in [0.15, 0.2) is 0 Å². The molecular weight excluding hydrogens is 262 g/mol. The number of nitro groups is 1.